The monoisotopic (exact) mass is 324 g/mol. The van der Waals surface area contributed by atoms with E-state index in [0.29, 0.717) is 29.9 Å². The van der Waals surface area contributed by atoms with Crippen molar-refractivity contribution in [1.82, 2.24) is 9.80 Å². The van der Waals surface area contributed by atoms with Gasteiger partial charge in [0.2, 0.25) is 5.91 Å². The van der Waals surface area contributed by atoms with Gasteiger partial charge in [0.05, 0.1) is 32.3 Å². The lowest BCUT2D eigenvalue weighted by Crippen LogP contribution is -2.48. The van der Waals surface area contributed by atoms with Crippen molar-refractivity contribution >= 4 is 17.5 Å². The van der Waals surface area contributed by atoms with Gasteiger partial charge in [-0.05, 0) is 19.2 Å². The molecule has 2 heterocycles. The molecule has 2 aliphatic heterocycles. The van der Waals surface area contributed by atoms with Gasteiger partial charge in [-0.2, -0.15) is 0 Å². The molecule has 1 aromatic rings. The molecule has 2 fully saturated rings. The highest BCUT2D eigenvalue weighted by molar-refractivity contribution is 6.31. The Balaban J connectivity index is 1.71. The first kappa shape index (κ1) is 15.6. The van der Waals surface area contributed by atoms with Crippen LogP contribution in [0.1, 0.15) is 5.56 Å². The van der Waals surface area contributed by atoms with Crippen molar-refractivity contribution in [1.29, 1.82) is 0 Å². The molecule has 120 valence electrons. The number of carbonyl (C=O) groups is 1. The van der Waals surface area contributed by atoms with Gasteiger partial charge >= 0.3 is 0 Å². The van der Waals surface area contributed by atoms with E-state index in [0.717, 1.165) is 18.7 Å². The number of hydrogen-bond acceptors (Lipinski definition) is 4. The summed E-state index contributed by atoms with van der Waals surface area (Å²) in [5.74, 6) is 0.726. The van der Waals surface area contributed by atoms with Gasteiger partial charge in [0.25, 0.3) is 0 Å². The number of ether oxygens (including phenoxy) is 2. The summed E-state index contributed by atoms with van der Waals surface area (Å²) in [4.78, 5) is 16.8. The van der Waals surface area contributed by atoms with Crippen molar-refractivity contribution < 1.29 is 14.3 Å². The Hall–Kier alpha value is -1.30. The number of benzene rings is 1. The first-order chi connectivity index (χ1) is 10.6. The predicted molar refractivity (Wildman–Crippen MR) is 84.4 cm³/mol. The summed E-state index contributed by atoms with van der Waals surface area (Å²) in [7, 11) is 3.68. The zero-order valence-electron chi connectivity index (χ0n) is 12.9. The van der Waals surface area contributed by atoms with Crippen LogP contribution in [0, 0.1) is 0 Å². The van der Waals surface area contributed by atoms with Crippen LogP contribution in [0.5, 0.6) is 5.75 Å². The smallest absolute Gasteiger partial charge is 0.227 e. The third-order valence-electron chi connectivity index (χ3n) is 4.56. The molecule has 1 amide bonds. The molecule has 1 aromatic carbocycles. The van der Waals surface area contributed by atoms with Crippen molar-refractivity contribution in [3.63, 3.8) is 0 Å². The quantitative estimate of drug-likeness (QED) is 0.843. The van der Waals surface area contributed by atoms with E-state index in [1.807, 2.05) is 17.0 Å². The van der Waals surface area contributed by atoms with E-state index >= 15 is 0 Å². The topological polar surface area (TPSA) is 42.0 Å². The second kappa shape index (κ2) is 6.44. The van der Waals surface area contributed by atoms with Crippen LogP contribution < -0.4 is 4.74 Å². The Bertz CT molecular complexity index is 566. The molecule has 2 aliphatic rings. The van der Waals surface area contributed by atoms with E-state index in [1.165, 1.54) is 0 Å². The summed E-state index contributed by atoms with van der Waals surface area (Å²) in [5.41, 5.74) is 0.751. The van der Waals surface area contributed by atoms with Gasteiger partial charge in [-0.25, -0.2) is 0 Å². The fourth-order valence-corrected chi connectivity index (χ4v) is 3.46. The summed E-state index contributed by atoms with van der Waals surface area (Å²) in [6.45, 7) is 3.02. The van der Waals surface area contributed by atoms with Crippen LogP contribution in [0.3, 0.4) is 0 Å². The largest absolute Gasteiger partial charge is 0.496 e. The van der Waals surface area contributed by atoms with Gasteiger partial charge in [0.1, 0.15) is 5.75 Å². The fraction of sp³-hybridized carbons (Fsp3) is 0.562. The van der Waals surface area contributed by atoms with Crippen LogP contribution in [0.15, 0.2) is 18.2 Å². The SMILES string of the molecule is COc1cccc(Cl)c1CC(=O)N1C[C@H]2OCCN(C)[C@H]2C1. The minimum absolute atomic E-state index is 0.0674. The van der Waals surface area contributed by atoms with Crippen molar-refractivity contribution in [3.05, 3.63) is 28.8 Å². The van der Waals surface area contributed by atoms with Crippen LogP contribution in [0.2, 0.25) is 5.02 Å². The van der Waals surface area contributed by atoms with Crippen LogP contribution >= 0.6 is 11.6 Å². The van der Waals surface area contributed by atoms with E-state index in [4.69, 9.17) is 21.1 Å². The maximum Gasteiger partial charge on any atom is 0.227 e. The molecule has 2 atom stereocenters. The van der Waals surface area contributed by atoms with Gasteiger partial charge in [-0.3, -0.25) is 9.69 Å². The van der Waals surface area contributed by atoms with Crippen molar-refractivity contribution in [2.45, 2.75) is 18.6 Å². The number of hydrogen-bond donors (Lipinski definition) is 0. The molecule has 2 saturated heterocycles. The number of amides is 1. The van der Waals surface area contributed by atoms with E-state index in [-0.39, 0.29) is 18.4 Å². The van der Waals surface area contributed by atoms with Crippen LogP contribution in [-0.4, -0.2) is 68.3 Å². The maximum atomic E-state index is 12.6. The minimum atomic E-state index is 0.0674. The number of likely N-dealkylation sites (tertiary alicyclic amines) is 1. The zero-order valence-corrected chi connectivity index (χ0v) is 13.7. The number of likely N-dealkylation sites (N-methyl/N-ethyl adjacent to an activating group) is 1. The third-order valence-corrected chi connectivity index (χ3v) is 4.91. The highest BCUT2D eigenvalue weighted by atomic mass is 35.5. The van der Waals surface area contributed by atoms with Crippen molar-refractivity contribution in [3.8, 4) is 5.75 Å². The molecule has 0 aromatic heterocycles. The molecular formula is C16H21ClN2O3. The van der Waals surface area contributed by atoms with E-state index in [1.54, 1.807) is 13.2 Å². The van der Waals surface area contributed by atoms with Crippen LogP contribution in [-0.2, 0) is 16.0 Å². The Labute approximate surface area is 135 Å². The summed E-state index contributed by atoms with van der Waals surface area (Å²) < 4.78 is 11.1. The van der Waals surface area contributed by atoms with Gasteiger partial charge < -0.3 is 14.4 Å². The molecular weight excluding hydrogens is 304 g/mol. The Morgan fingerprint density at radius 3 is 3.00 bits per heavy atom. The van der Waals surface area contributed by atoms with Gasteiger partial charge in [-0.1, -0.05) is 17.7 Å². The predicted octanol–water partition coefficient (Wildman–Crippen LogP) is 1.43. The van der Waals surface area contributed by atoms with Gasteiger partial charge in [0.15, 0.2) is 0 Å². The molecule has 0 unspecified atom stereocenters. The summed E-state index contributed by atoms with van der Waals surface area (Å²) in [5, 5.41) is 0.567. The summed E-state index contributed by atoms with van der Waals surface area (Å²) in [6, 6.07) is 5.73. The van der Waals surface area contributed by atoms with Crippen molar-refractivity contribution in [2.24, 2.45) is 0 Å². The average molecular weight is 325 g/mol. The Kier molecular flexibility index (Phi) is 4.57. The highest BCUT2D eigenvalue weighted by Crippen LogP contribution is 2.28. The third kappa shape index (κ3) is 2.93. The number of halogens is 1. The molecule has 3 rings (SSSR count). The van der Waals surface area contributed by atoms with Crippen LogP contribution in [0.4, 0.5) is 0 Å². The first-order valence-electron chi connectivity index (χ1n) is 7.51. The average Bonchev–Trinajstić information content (AvgIpc) is 2.95. The van der Waals surface area contributed by atoms with E-state index in [9.17, 15) is 4.79 Å². The molecule has 0 bridgehead atoms. The lowest BCUT2D eigenvalue weighted by molar-refractivity contribution is -0.129. The van der Waals surface area contributed by atoms with E-state index < -0.39 is 0 Å². The van der Waals surface area contributed by atoms with Crippen LogP contribution in [0.25, 0.3) is 0 Å². The molecule has 0 radical (unpaired) electrons. The molecule has 0 aliphatic carbocycles. The lowest BCUT2D eigenvalue weighted by atomic mass is 10.1. The number of rotatable bonds is 3. The number of fused-ring (bicyclic) bond motifs is 1. The highest BCUT2D eigenvalue weighted by Gasteiger charge is 2.40. The number of methoxy groups -OCH3 is 1. The molecule has 0 N–H and O–H groups in total. The number of nitrogens with zero attached hydrogens (tertiary/aromatic N) is 2. The minimum Gasteiger partial charge on any atom is -0.496 e. The van der Waals surface area contributed by atoms with E-state index in [2.05, 4.69) is 11.9 Å². The number of carbonyl (C=O) groups excluding carboxylic acids is 1. The Morgan fingerprint density at radius 2 is 2.27 bits per heavy atom. The fourth-order valence-electron chi connectivity index (χ4n) is 3.23. The van der Waals surface area contributed by atoms with Gasteiger partial charge in [-0.15, -0.1) is 0 Å². The normalized spacial score (nSPS) is 25.1. The second-order valence-electron chi connectivity index (χ2n) is 5.85. The molecule has 0 spiro atoms. The second-order valence-corrected chi connectivity index (χ2v) is 6.26. The zero-order chi connectivity index (χ0) is 15.7. The Morgan fingerprint density at radius 1 is 1.45 bits per heavy atom. The molecule has 0 saturated carbocycles. The summed E-state index contributed by atoms with van der Waals surface area (Å²) in [6.07, 6.45) is 0.377. The number of morpholine rings is 1. The molecule has 5 nitrogen and oxygen atoms in total. The van der Waals surface area contributed by atoms with Gasteiger partial charge in [0, 0.05) is 30.2 Å². The van der Waals surface area contributed by atoms with Crippen molar-refractivity contribution in [2.75, 3.05) is 40.4 Å². The maximum absolute atomic E-state index is 12.6. The molecule has 6 heteroatoms. The summed E-state index contributed by atoms with van der Waals surface area (Å²) >= 11 is 6.22. The first-order valence-corrected chi connectivity index (χ1v) is 7.89. The lowest BCUT2D eigenvalue weighted by Gasteiger charge is -2.33. The standard InChI is InChI=1S/C16H21ClN2O3/c1-18-6-7-22-15-10-19(9-13(15)18)16(20)8-11-12(17)4-3-5-14(11)21-2/h3-5,13,15H,6-10H2,1-2H3/t13-,15+/m0/s1. The molecule has 22 heavy (non-hydrogen) atoms.